The average molecular weight is 335 g/mol. The monoisotopic (exact) mass is 335 g/mol. The van der Waals surface area contributed by atoms with Gasteiger partial charge in [0.25, 0.3) is 0 Å². The Labute approximate surface area is 144 Å². The zero-order valence-electron chi connectivity index (χ0n) is 15.1. The molecular weight excluding hydrogens is 306 g/mol. The number of benzene rings is 1. The van der Waals surface area contributed by atoms with Gasteiger partial charge in [-0.3, -0.25) is 14.5 Å². The summed E-state index contributed by atoms with van der Waals surface area (Å²) in [4.78, 5) is 25.8. The van der Waals surface area contributed by atoms with Crippen molar-refractivity contribution < 1.29 is 14.3 Å². The molecular formula is C18H29N3O3. The predicted octanol–water partition coefficient (Wildman–Crippen LogP) is 1.30. The summed E-state index contributed by atoms with van der Waals surface area (Å²) in [6.45, 7) is 7.80. The molecule has 0 aliphatic carbocycles. The molecule has 6 nitrogen and oxygen atoms in total. The fraction of sp³-hybridized carbons (Fsp3) is 0.556. The molecule has 0 aliphatic rings. The van der Waals surface area contributed by atoms with Gasteiger partial charge in [-0.25, -0.2) is 0 Å². The molecule has 0 spiro atoms. The van der Waals surface area contributed by atoms with Crippen LogP contribution in [0.3, 0.4) is 0 Å². The summed E-state index contributed by atoms with van der Waals surface area (Å²) in [6, 6.07) is 7.95. The quantitative estimate of drug-likeness (QED) is 0.676. The number of nitrogens with one attached hydrogen (secondary N) is 2. The third kappa shape index (κ3) is 7.57. The van der Waals surface area contributed by atoms with Crippen molar-refractivity contribution in [1.29, 1.82) is 0 Å². The van der Waals surface area contributed by atoms with Gasteiger partial charge in [-0.15, -0.1) is 0 Å². The van der Waals surface area contributed by atoms with Crippen LogP contribution < -0.4 is 10.6 Å². The van der Waals surface area contributed by atoms with E-state index in [2.05, 4.69) is 10.6 Å². The van der Waals surface area contributed by atoms with Crippen LogP contribution in [-0.2, 0) is 27.5 Å². The van der Waals surface area contributed by atoms with Gasteiger partial charge >= 0.3 is 0 Å². The van der Waals surface area contributed by atoms with E-state index in [1.807, 2.05) is 49.9 Å². The third-order valence-electron chi connectivity index (χ3n) is 3.53. The van der Waals surface area contributed by atoms with Gasteiger partial charge in [0, 0.05) is 19.7 Å². The zero-order chi connectivity index (χ0) is 17.9. The van der Waals surface area contributed by atoms with Crippen molar-refractivity contribution in [3.8, 4) is 0 Å². The van der Waals surface area contributed by atoms with Crippen molar-refractivity contribution >= 4 is 11.8 Å². The first-order valence-electron chi connectivity index (χ1n) is 8.30. The lowest BCUT2D eigenvalue weighted by molar-refractivity contribution is -0.125. The molecule has 1 rings (SSSR count). The number of ether oxygens (including phenoxy) is 1. The van der Waals surface area contributed by atoms with Crippen molar-refractivity contribution in [3.05, 3.63) is 35.4 Å². The number of rotatable bonds is 10. The molecule has 0 bridgehead atoms. The third-order valence-corrected chi connectivity index (χ3v) is 3.53. The minimum atomic E-state index is -0.0959. The highest BCUT2D eigenvalue weighted by Gasteiger charge is 2.13. The Hall–Kier alpha value is -1.92. The second-order valence-corrected chi connectivity index (χ2v) is 6.00. The Bertz CT molecular complexity index is 532. The number of carbonyl (C=O) groups is 2. The normalized spacial score (nSPS) is 10.9. The average Bonchev–Trinajstić information content (AvgIpc) is 2.53. The lowest BCUT2D eigenvalue weighted by Crippen LogP contribution is -2.44. The van der Waals surface area contributed by atoms with Gasteiger partial charge in [0.05, 0.1) is 19.7 Å². The molecule has 1 aromatic carbocycles. The maximum atomic E-state index is 12.1. The molecule has 0 aromatic heterocycles. The SMILES string of the molecule is CCN(CC(=O)NCc1ccccc1COC)CC(=O)NC(C)C. The number of carbonyl (C=O) groups excluding carboxylic acids is 2. The highest BCUT2D eigenvalue weighted by molar-refractivity contribution is 5.81. The van der Waals surface area contributed by atoms with Crippen molar-refractivity contribution in [2.24, 2.45) is 0 Å². The summed E-state index contributed by atoms with van der Waals surface area (Å²) in [7, 11) is 1.65. The Balaban J connectivity index is 2.48. The summed E-state index contributed by atoms with van der Waals surface area (Å²) in [5, 5.41) is 5.74. The first-order valence-corrected chi connectivity index (χ1v) is 8.30. The van der Waals surface area contributed by atoms with Crippen LogP contribution >= 0.6 is 0 Å². The van der Waals surface area contributed by atoms with E-state index in [1.54, 1.807) is 7.11 Å². The Morgan fingerprint density at radius 1 is 1.12 bits per heavy atom. The van der Waals surface area contributed by atoms with E-state index < -0.39 is 0 Å². The zero-order valence-corrected chi connectivity index (χ0v) is 15.1. The molecule has 134 valence electrons. The smallest absolute Gasteiger partial charge is 0.234 e. The van der Waals surface area contributed by atoms with Crippen LogP contribution in [0.4, 0.5) is 0 Å². The van der Waals surface area contributed by atoms with Crippen LogP contribution in [-0.4, -0.2) is 49.5 Å². The maximum Gasteiger partial charge on any atom is 0.234 e. The summed E-state index contributed by atoms with van der Waals surface area (Å²) >= 11 is 0. The van der Waals surface area contributed by atoms with Crippen molar-refractivity contribution in [1.82, 2.24) is 15.5 Å². The minimum absolute atomic E-state index is 0.0647. The Morgan fingerprint density at radius 2 is 1.75 bits per heavy atom. The summed E-state index contributed by atoms with van der Waals surface area (Å²) < 4.78 is 5.17. The Morgan fingerprint density at radius 3 is 2.33 bits per heavy atom. The van der Waals surface area contributed by atoms with Crippen LogP contribution in [0.1, 0.15) is 31.9 Å². The first-order chi connectivity index (χ1) is 11.5. The number of methoxy groups -OCH3 is 1. The summed E-state index contributed by atoms with van der Waals surface area (Å²) in [5.74, 6) is -0.161. The lowest BCUT2D eigenvalue weighted by Gasteiger charge is -2.20. The standard InChI is InChI=1S/C18H29N3O3/c1-5-21(12-18(23)20-14(2)3)11-17(22)19-10-15-8-6-7-9-16(15)13-24-4/h6-9,14H,5,10-13H2,1-4H3,(H,19,22)(H,20,23). The summed E-state index contributed by atoms with van der Waals surface area (Å²) in [5.41, 5.74) is 2.09. The molecule has 24 heavy (non-hydrogen) atoms. The lowest BCUT2D eigenvalue weighted by atomic mass is 10.1. The highest BCUT2D eigenvalue weighted by atomic mass is 16.5. The fourth-order valence-electron chi connectivity index (χ4n) is 2.33. The molecule has 6 heteroatoms. The van der Waals surface area contributed by atoms with Gasteiger partial charge < -0.3 is 15.4 Å². The summed E-state index contributed by atoms with van der Waals surface area (Å²) in [6.07, 6.45) is 0. The largest absolute Gasteiger partial charge is 0.380 e. The molecule has 0 heterocycles. The number of nitrogens with zero attached hydrogens (tertiary/aromatic N) is 1. The predicted molar refractivity (Wildman–Crippen MR) is 94.4 cm³/mol. The second-order valence-electron chi connectivity index (χ2n) is 6.00. The van der Waals surface area contributed by atoms with E-state index in [0.717, 1.165) is 11.1 Å². The second kappa shape index (κ2) is 10.8. The molecule has 0 unspecified atom stereocenters. The minimum Gasteiger partial charge on any atom is -0.380 e. The number of amides is 2. The molecule has 0 radical (unpaired) electrons. The van der Waals surface area contributed by atoms with E-state index in [-0.39, 0.29) is 30.9 Å². The van der Waals surface area contributed by atoms with Gasteiger partial charge in [0.1, 0.15) is 0 Å². The van der Waals surface area contributed by atoms with Gasteiger partial charge in [0.15, 0.2) is 0 Å². The molecule has 1 aromatic rings. The molecule has 0 fully saturated rings. The number of hydrogen-bond acceptors (Lipinski definition) is 4. The molecule has 2 amide bonds. The van der Waals surface area contributed by atoms with Gasteiger partial charge in [0.2, 0.25) is 11.8 Å². The Kier molecular flexibility index (Phi) is 9.04. The van der Waals surface area contributed by atoms with E-state index in [9.17, 15) is 9.59 Å². The first kappa shape index (κ1) is 20.1. The molecule has 0 aliphatic heterocycles. The maximum absolute atomic E-state index is 12.1. The van der Waals surface area contributed by atoms with E-state index in [4.69, 9.17) is 4.74 Å². The van der Waals surface area contributed by atoms with Crippen molar-refractivity contribution in [2.75, 3.05) is 26.7 Å². The van der Waals surface area contributed by atoms with Crippen molar-refractivity contribution in [2.45, 2.75) is 40.0 Å². The van der Waals surface area contributed by atoms with Gasteiger partial charge in [-0.1, -0.05) is 31.2 Å². The molecule has 2 N–H and O–H groups in total. The van der Waals surface area contributed by atoms with Crippen LogP contribution in [0.2, 0.25) is 0 Å². The molecule has 0 atom stereocenters. The number of likely N-dealkylation sites (N-methyl/N-ethyl adjacent to an activating group) is 1. The van der Waals surface area contributed by atoms with Crippen LogP contribution in [0.5, 0.6) is 0 Å². The topological polar surface area (TPSA) is 70.7 Å². The van der Waals surface area contributed by atoms with E-state index in [0.29, 0.717) is 19.7 Å². The molecule has 0 saturated heterocycles. The highest BCUT2D eigenvalue weighted by Crippen LogP contribution is 2.09. The van der Waals surface area contributed by atoms with Gasteiger partial charge in [-0.2, -0.15) is 0 Å². The van der Waals surface area contributed by atoms with E-state index >= 15 is 0 Å². The van der Waals surface area contributed by atoms with E-state index in [1.165, 1.54) is 0 Å². The van der Waals surface area contributed by atoms with Crippen molar-refractivity contribution in [3.63, 3.8) is 0 Å². The van der Waals surface area contributed by atoms with Gasteiger partial charge in [-0.05, 0) is 31.5 Å². The van der Waals surface area contributed by atoms with Crippen LogP contribution in [0, 0.1) is 0 Å². The van der Waals surface area contributed by atoms with Crippen LogP contribution in [0.15, 0.2) is 24.3 Å². The fourth-order valence-corrected chi connectivity index (χ4v) is 2.33. The molecule has 0 saturated carbocycles. The number of hydrogen-bond donors (Lipinski definition) is 2. The van der Waals surface area contributed by atoms with Crippen LogP contribution in [0.25, 0.3) is 0 Å².